The molecule has 0 bridgehead atoms. The van der Waals surface area contributed by atoms with Crippen LogP contribution >= 0.6 is 0 Å². The first kappa shape index (κ1) is 18.6. The van der Waals surface area contributed by atoms with Gasteiger partial charge < -0.3 is 10.6 Å². The smallest absolute Gasteiger partial charge is 0.163 e. The number of anilines is 2. The molecular formula is C26H23FN2O. The average Bonchev–Trinajstić information content (AvgIpc) is 2.91. The maximum atomic E-state index is 14.8. The van der Waals surface area contributed by atoms with Crippen molar-refractivity contribution < 1.29 is 9.18 Å². The van der Waals surface area contributed by atoms with Gasteiger partial charge in [-0.15, -0.1) is 0 Å². The lowest BCUT2D eigenvalue weighted by atomic mass is 9.78. The van der Waals surface area contributed by atoms with Gasteiger partial charge in [0.15, 0.2) is 5.78 Å². The molecule has 0 fully saturated rings. The summed E-state index contributed by atoms with van der Waals surface area (Å²) in [4.78, 5) is 13.4. The Labute approximate surface area is 175 Å². The van der Waals surface area contributed by atoms with Crippen molar-refractivity contribution in [1.82, 2.24) is 0 Å². The second-order valence-electron chi connectivity index (χ2n) is 8.10. The molecule has 0 aromatic heterocycles. The van der Waals surface area contributed by atoms with Gasteiger partial charge >= 0.3 is 0 Å². The number of carbonyl (C=O) groups is 1. The molecule has 2 atom stereocenters. The highest BCUT2D eigenvalue weighted by atomic mass is 19.1. The van der Waals surface area contributed by atoms with Crippen LogP contribution in [0.25, 0.3) is 0 Å². The van der Waals surface area contributed by atoms with Gasteiger partial charge in [0, 0.05) is 23.3 Å². The minimum absolute atomic E-state index is 0.0582. The number of allylic oxidation sites excluding steroid dienone is 1. The summed E-state index contributed by atoms with van der Waals surface area (Å²) in [5, 5.41) is 6.92. The topological polar surface area (TPSA) is 41.1 Å². The molecule has 2 unspecified atom stereocenters. The van der Waals surface area contributed by atoms with Crippen molar-refractivity contribution in [3.63, 3.8) is 0 Å². The first-order valence-electron chi connectivity index (χ1n) is 10.3. The highest BCUT2D eigenvalue weighted by molar-refractivity contribution is 6.01. The van der Waals surface area contributed by atoms with E-state index in [2.05, 4.69) is 41.8 Å². The van der Waals surface area contributed by atoms with E-state index in [0.717, 1.165) is 22.6 Å². The maximum absolute atomic E-state index is 14.8. The normalized spacial score (nSPS) is 20.5. The predicted octanol–water partition coefficient (Wildman–Crippen LogP) is 6.11. The molecular weight excluding hydrogens is 375 g/mol. The summed E-state index contributed by atoms with van der Waals surface area (Å²) < 4.78 is 14.8. The Balaban J connectivity index is 1.62. The van der Waals surface area contributed by atoms with E-state index in [4.69, 9.17) is 0 Å². The van der Waals surface area contributed by atoms with Gasteiger partial charge in [0.2, 0.25) is 0 Å². The lowest BCUT2D eigenvalue weighted by molar-refractivity contribution is -0.116. The molecule has 150 valence electrons. The van der Waals surface area contributed by atoms with Gasteiger partial charge in [0.25, 0.3) is 0 Å². The number of aryl methyl sites for hydroxylation is 1. The standard InChI is InChI=1S/C26H23FN2O/c1-16-10-12-17(13-11-16)18-14-23-25(24(30)15-18)26(19-6-2-3-7-20(19)27)29-22-9-5-4-8-21(22)28-23/h2-13,18,26,28-29H,14-15H2,1H3. The van der Waals surface area contributed by atoms with Crippen LogP contribution in [0.3, 0.4) is 0 Å². The van der Waals surface area contributed by atoms with Crippen molar-refractivity contribution in [2.24, 2.45) is 0 Å². The third kappa shape index (κ3) is 3.28. The molecule has 3 aromatic rings. The number of benzene rings is 3. The molecule has 3 aromatic carbocycles. The Morgan fingerprint density at radius 2 is 1.57 bits per heavy atom. The predicted molar refractivity (Wildman–Crippen MR) is 118 cm³/mol. The Kier molecular flexibility index (Phi) is 4.62. The van der Waals surface area contributed by atoms with Gasteiger partial charge in [-0.3, -0.25) is 4.79 Å². The molecule has 0 amide bonds. The van der Waals surface area contributed by atoms with Crippen LogP contribution in [0.2, 0.25) is 0 Å². The maximum Gasteiger partial charge on any atom is 0.163 e. The molecule has 2 aliphatic rings. The summed E-state index contributed by atoms with van der Waals surface area (Å²) in [7, 11) is 0. The van der Waals surface area contributed by atoms with Gasteiger partial charge in [-0.2, -0.15) is 0 Å². The average molecular weight is 398 g/mol. The molecule has 4 heteroatoms. The van der Waals surface area contributed by atoms with Crippen molar-refractivity contribution >= 4 is 17.2 Å². The van der Waals surface area contributed by atoms with Crippen LogP contribution in [0.15, 0.2) is 84.1 Å². The van der Waals surface area contributed by atoms with Gasteiger partial charge in [-0.25, -0.2) is 4.39 Å². The monoisotopic (exact) mass is 398 g/mol. The SMILES string of the molecule is Cc1ccc(C2CC(=O)C3=C(C2)Nc2ccccc2NC3c2ccccc2F)cc1. The van der Waals surface area contributed by atoms with Crippen molar-refractivity contribution in [2.45, 2.75) is 31.7 Å². The number of carbonyl (C=O) groups excluding carboxylic acids is 1. The van der Waals surface area contributed by atoms with Gasteiger partial charge in [-0.1, -0.05) is 60.2 Å². The van der Waals surface area contributed by atoms with E-state index in [0.29, 0.717) is 24.0 Å². The molecule has 2 N–H and O–H groups in total. The molecule has 0 radical (unpaired) electrons. The van der Waals surface area contributed by atoms with Crippen LogP contribution in [0.4, 0.5) is 15.8 Å². The highest BCUT2D eigenvalue weighted by Crippen LogP contribution is 2.44. The van der Waals surface area contributed by atoms with Crippen LogP contribution in [-0.4, -0.2) is 5.78 Å². The van der Waals surface area contributed by atoms with Crippen LogP contribution in [0.5, 0.6) is 0 Å². The summed E-state index contributed by atoms with van der Waals surface area (Å²) in [6, 6.07) is 22.4. The lowest BCUT2D eigenvalue weighted by Crippen LogP contribution is -2.27. The summed E-state index contributed by atoms with van der Waals surface area (Å²) in [5.74, 6) is -0.145. The third-order valence-corrected chi connectivity index (χ3v) is 6.07. The molecule has 0 saturated heterocycles. The summed E-state index contributed by atoms with van der Waals surface area (Å²) in [6.07, 6.45) is 1.14. The van der Waals surface area contributed by atoms with E-state index < -0.39 is 6.04 Å². The van der Waals surface area contributed by atoms with Crippen molar-refractivity contribution in [1.29, 1.82) is 0 Å². The second kappa shape index (κ2) is 7.45. The van der Waals surface area contributed by atoms with Crippen LogP contribution in [0, 0.1) is 12.7 Å². The number of rotatable bonds is 2. The van der Waals surface area contributed by atoms with Crippen LogP contribution in [0.1, 0.15) is 41.5 Å². The fourth-order valence-corrected chi connectivity index (χ4v) is 4.51. The number of para-hydroxylation sites is 2. The fourth-order valence-electron chi connectivity index (χ4n) is 4.51. The summed E-state index contributed by atoms with van der Waals surface area (Å²) in [6.45, 7) is 2.06. The van der Waals surface area contributed by atoms with E-state index in [1.54, 1.807) is 12.1 Å². The van der Waals surface area contributed by atoms with E-state index in [9.17, 15) is 9.18 Å². The Morgan fingerprint density at radius 1 is 0.867 bits per heavy atom. The van der Waals surface area contributed by atoms with Crippen molar-refractivity contribution in [3.8, 4) is 0 Å². The second-order valence-corrected chi connectivity index (χ2v) is 8.10. The first-order chi connectivity index (χ1) is 14.6. The number of Topliss-reactive ketones (excluding diaryl/α,β-unsaturated/α-hetero) is 1. The van der Waals surface area contributed by atoms with E-state index in [1.807, 2.05) is 30.3 Å². The summed E-state index contributed by atoms with van der Waals surface area (Å²) >= 11 is 0. The zero-order valence-electron chi connectivity index (χ0n) is 16.8. The molecule has 0 saturated carbocycles. The molecule has 30 heavy (non-hydrogen) atoms. The van der Waals surface area contributed by atoms with E-state index in [1.165, 1.54) is 11.6 Å². The van der Waals surface area contributed by atoms with Gasteiger partial charge in [0.05, 0.1) is 17.4 Å². The van der Waals surface area contributed by atoms with E-state index >= 15 is 0 Å². The highest BCUT2D eigenvalue weighted by Gasteiger charge is 2.36. The van der Waals surface area contributed by atoms with Crippen molar-refractivity contribution in [2.75, 3.05) is 10.6 Å². The fraction of sp³-hybridized carbons (Fsp3) is 0.192. The number of halogens is 1. The van der Waals surface area contributed by atoms with Crippen molar-refractivity contribution in [3.05, 3.63) is 107 Å². The molecule has 3 nitrogen and oxygen atoms in total. The largest absolute Gasteiger partial charge is 0.372 e. The molecule has 0 spiro atoms. The van der Waals surface area contributed by atoms with Gasteiger partial charge in [0.1, 0.15) is 5.82 Å². The van der Waals surface area contributed by atoms with Crippen LogP contribution < -0.4 is 10.6 Å². The van der Waals surface area contributed by atoms with E-state index in [-0.39, 0.29) is 17.5 Å². The Bertz CT molecular complexity index is 1150. The number of fused-ring (bicyclic) bond motifs is 1. The van der Waals surface area contributed by atoms with Crippen LogP contribution in [-0.2, 0) is 4.79 Å². The third-order valence-electron chi connectivity index (χ3n) is 6.07. The quantitative estimate of drug-likeness (QED) is 0.547. The summed E-state index contributed by atoms with van der Waals surface area (Å²) in [5.41, 5.74) is 6.13. The minimum Gasteiger partial charge on any atom is -0.372 e. The first-order valence-corrected chi connectivity index (χ1v) is 10.3. The zero-order chi connectivity index (χ0) is 20.7. The molecule has 1 aliphatic carbocycles. The number of hydrogen-bond acceptors (Lipinski definition) is 3. The molecule has 1 aliphatic heterocycles. The number of hydrogen-bond donors (Lipinski definition) is 2. The zero-order valence-corrected chi connectivity index (χ0v) is 16.8. The molecule has 1 heterocycles. The lowest BCUT2D eigenvalue weighted by Gasteiger charge is -2.30. The number of nitrogens with one attached hydrogen (secondary N) is 2. The number of ketones is 1. The van der Waals surface area contributed by atoms with Gasteiger partial charge in [-0.05, 0) is 43.0 Å². The Hall–Kier alpha value is -3.40. The minimum atomic E-state index is -0.524. The Morgan fingerprint density at radius 3 is 2.33 bits per heavy atom. The molecule has 5 rings (SSSR count).